The van der Waals surface area contributed by atoms with Crippen molar-refractivity contribution in [1.82, 2.24) is 5.32 Å². The molecule has 2 unspecified atom stereocenters. The number of benzene rings is 1. The van der Waals surface area contributed by atoms with Gasteiger partial charge in [-0.1, -0.05) is 13.0 Å². The Bertz CT molecular complexity index is 431. The lowest BCUT2D eigenvalue weighted by molar-refractivity contribution is 0.136. The molecule has 20 heavy (non-hydrogen) atoms. The largest absolute Gasteiger partial charge is 0.393 e. The average molecular weight is 276 g/mol. The second kappa shape index (κ2) is 7.09. The third-order valence-electron chi connectivity index (χ3n) is 4.34. The number of nitrogens with one attached hydrogen (secondary N) is 1. The maximum atomic E-state index is 9.70. The lowest BCUT2D eigenvalue weighted by Crippen LogP contribution is -2.24. The van der Waals surface area contributed by atoms with Gasteiger partial charge in [-0.05, 0) is 56.5 Å². The molecule has 3 heteroatoms. The number of aliphatic hydroxyl groups is 1. The highest BCUT2D eigenvalue weighted by Crippen LogP contribution is 2.27. The van der Waals surface area contributed by atoms with E-state index in [4.69, 9.17) is 0 Å². The maximum Gasteiger partial charge on any atom is 0.0557 e. The first-order valence-corrected chi connectivity index (χ1v) is 7.85. The van der Waals surface area contributed by atoms with Crippen LogP contribution in [0.2, 0.25) is 0 Å². The first kappa shape index (κ1) is 15.3. The quantitative estimate of drug-likeness (QED) is 0.784. The summed E-state index contributed by atoms with van der Waals surface area (Å²) in [5, 5.41) is 13.2. The van der Waals surface area contributed by atoms with E-state index < -0.39 is 0 Å². The van der Waals surface area contributed by atoms with Crippen LogP contribution in [0, 0.1) is 12.8 Å². The summed E-state index contributed by atoms with van der Waals surface area (Å²) >= 11 is 0. The monoisotopic (exact) mass is 276 g/mol. The standard InChI is InChI=1S/C17H28N2O/c1-4-8-18-11-15-5-6-17(10-13(15)2)19-9-7-16(12-19)14(3)20/h5-6,10,14,16,18,20H,4,7-9,11-12H2,1-3H3. The van der Waals surface area contributed by atoms with Crippen molar-refractivity contribution in [3.8, 4) is 0 Å². The number of aliphatic hydroxyl groups excluding tert-OH is 1. The van der Waals surface area contributed by atoms with Crippen LogP contribution in [0.5, 0.6) is 0 Å². The molecule has 0 aromatic heterocycles. The summed E-state index contributed by atoms with van der Waals surface area (Å²) in [4.78, 5) is 2.40. The molecule has 0 radical (unpaired) electrons. The topological polar surface area (TPSA) is 35.5 Å². The smallest absolute Gasteiger partial charge is 0.0557 e. The van der Waals surface area contributed by atoms with Crippen molar-refractivity contribution >= 4 is 5.69 Å². The van der Waals surface area contributed by atoms with Crippen LogP contribution < -0.4 is 10.2 Å². The number of hydrogen-bond donors (Lipinski definition) is 2. The van der Waals surface area contributed by atoms with Gasteiger partial charge in [0.25, 0.3) is 0 Å². The minimum absolute atomic E-state index is 0.196. The van der Waals surface area contributed by atoms with Crippen LogP contribution >= 0.6 is 0 Å². The number of anilines is 1. The van der Waals surface area contributed by atoms with E-state index in [0.717, 1.165) is 32.6 Å². The van der Waals surface area contributed by atoms with Crippen LogP contribution in [0.4, 0.5) is 5.69 Å². The first-order chi connectivity index (χ1) is 9.61. The molecule has 1 aromatic carbocycles. The van der Waals surface area contributed by atoms with E-state index >= 15 is 0 Å². The molecule has 1 heterocycles. The third-order valence-corrected chi connectivity index (χ3v) is 4.34. The molecule has 0 spiro atoms. The summed E-state index contributed by atoms with van der Waals surface area (Å²) in [6.07, 6.45) is 2.07. The van der Waals surface area contributed by atoms with Crippen molar-refractivity contribution in [1.29, 1.82) is 0 Å². The van der Waals surface area contributed by atoms with Gasteiger partial charge in [0.2, 0.25) is 0 Å². The number of rotatable bonds is 6. The molecule has 0 saturated carbocycles. The van der Waals surface area contributed by atoms with Gasteiger partial charge in [-0.15, -0.1) is 0 Å². The van der Waals surface area contributed by atoms with Crippen LogP contribution in [-0.4, -0.2) is 30.8 Å². The second-order valence-corrected chi connectivity index (χ2v) is 6.02. The Labute approximate surface area is 123 Å². The van der Waals surface area contributed by atoms with Crippen molar-refractivity contribution < 1.29 is 5.11 Å². The molecule has 112 valence electrons. The van der Waals surface area contributed by atoms with E-state index in [1.165, 1.54) is 23.2 Å². The molecular weight excluding hydrogens is 248 g/mol. The van der Waals surface area contributed by atoms with Crippen LogP contribution in [0.15, 0.2) is 18.2 Å². The maximum absolute atomic E-state index is 9.70. The molecule has 2 N–H and O–H groups in total. The molecule has 1 fully saturated rings. The summed E-state index contributed by atoms with van der Waals surface area (Å²) in [7, 11) is 0. The zero-order valence-electron chi connectivity index (χ0n) is 13.0. The van der Waals surface area contributed by atoms with Gasteiger partial charge in [0, 0.05) is 31.2 Å². The summed E-state index contributed by atoms with van der Waals surface area (Å²) in [6, 6.07) is 6.75. The molecule has 1 aliphatic heterocycles. The number of hydrogen-bond acceptors (Lipinski definition) is 3. The summed E-state index contributed by atoms with van der Waals surface area (Å²) in [5.74, 6) is 0.418. The van der Waals surface area contributed by atoms with Crippen molar-refractivity contribution in [3.05, 3.63) is 29.3 Å². The molecule has 0 amide bonds. The molecule has 1 saturated heterocycles. The first-order valence-electron chi connectivity index (χ1n) is 7.85. The van der Waals surface area contributed by atoms with E-state index in [1.54, 1.807) is 0 Å². The lowest BCUT2D eigenvalue weighted by Gasteiger charge is -2.21. The Morgan fingerprint density at radius 2 is 2.25 bits per heavy atom. The average Bonchev–Trinajstić information content (AvgIpc) is 2.90. The van der Waals surface area contributed by atoms with Gasteiger partial charge in [0.05, 0.1) is 6.10 Å². The predicted octanol–water partition coefficient (Wildman–Crippen LogP) is 2.70. The Balaban J connectivity index is 1.98. The van der Waals surface area contributed by atoms with E-state index in [-0.39, 0.29) is 6.10 Å². The second-order valence-electron chi connectivity index (χ2n) is 6.02. The van der Waals surface area contributed by atoms with Gasteiger partial charge in [0.15, 0.2) is 0 Å². The van der Waals surface area contributed by atoms with Gasteiger partial charge < -0.3 is 15.3 Å². The van der Waals surface area contributed by atoms with Crippen LogP contribution in [0.1, 0.15) is 37.8 Å². The minimum Gasteiger partial charge on any atom is -0.393 e. The Morgan fingerprint density at radius 1 is 1.45 bits per heavy atom. The molecule has 0 aliphatic carbocycles. The minimum atomic E-state index is -0.196. The lowest BCUT2D eigenvalue weighted by atomic mass is 10.0. The van der Waals surface area contributed by atoms with Crippen molar-refractivity contribution in [3.63, 3.8) is 0 Å². The molecule has 2 atom stereocenters. The molecule has 0 bridgehead atoms. The van der Waals surface area contributed by atoms with Gasteiger partial charge in [-0.2, -0.15) is 0 Å². The van der Waals surface area contributed by atoms with Crippen molar-refractivity contribution in [2.45, 2.75) is 46.3 Å². The fourth-order valence-corrected chi connectivity index (χ4v) is 2.89. The highest BCUT2D eigenvalue weighted by molar-refractivity contribution is 5.51. The van der Waals surface area contributed by atoms with Crippen LogP contribution in [-0.2, 0) is 6.54 Å². The predicted molar refractivity (Wildman–Crippen MR) is 85.2 cm³/mol. The van der Waals surface area contributed by atoms with E-state index in [0.29, 0.717) is 5.92 Å². The number of aryl methyl sites for hydroxylation is 1. The Hall–Kier alpha value is -1.06. The fourth-order valence-electron chi connectivity index (χ4n) is 2.89. The number of nitrogens with zero attached hydrogens (tertiary/aromatic N) is 1. The van der Waals surface area contributed by atoms with E-state index in [1.807, 2.05) is 6.92 Å². The van der Waals surface area contributed by atoms with Gasteiger partial charge in [-0.25, -0.2) is 0 Å². The van der Waals surface area contributed by atoms with E-state index in [9.17, 15) is 5.11 Å². The molecule has 1 aromatic rings. The van der Waals surface area contributed by atoms with Gasteiger partial charge >= 0.3 is 0 Å². The summed E-state index contributed by atoms with van der Waals surface area (Å²) < 4.78 is 0. The van der Waals surface area contributed by atoms with E-state index in [2.05, 4.69) is 42.3 Å². The fraction of sp³-hybridized carbons (Fsp3) is 0.647. The van der Waals surface area contributed by atoms with Gasteiger partial charge in [0.1, 0.15) is 0 Å². The van der Waals surface area contributed by atoms with Crippen LogP contribution in [0.3, 0.4) is 0 Å². The Morgan fingerprint density at radius 3 is 2.85 bits per heavy atom. The highest BCUT2D eigenvalue weighted by atomic mass is 16.3. The van der Waals surface area contributed by atoms with Crippen LogP contribution in [0.25, 0.3) is 0 Å². The SMILES string of the molecule is CCCNCc1ccc(N2CCC(C(C)O)C2)cc1C. The zero-order valence-corrected chi connectivity index (χ0v) is 13.0. The van der Waals surface area contributed by atoms with Gasteiger partial charge in [-0.3, -0.25) is 0 Å². The van der Waals surface area contributed by atoms with Crippen molar-refractivity contribution in [2.75, 3.05) is 24.5 Å². The normalized spacial score (nSPS) is 20.4. The molecule has 1 aliphatic rings. The molecule has 3 nitrogen and oxygen atoms in total. The third kappa shape index (κ3) is 3.74. The Kier molecular flexibility index (Phi) is 5.44. The molecule has 2 rings (SSSR count). The van der Waals surface area contributed by atoms with Crippen molar-refractivity contribution in [2.24, 2.45) is 5.92 Å². The summed E-state index contributed by atoms with van der Waals surface area (Å²) in [6.45, 7) is 10.3. The zero-order chi connectivity index (χ0) is 14.5. The summed E-state index contributed by atoms with van der Waals surface area (Å²) in [5.41, 5.74) is 4.03. The molecular formula is C17H28N2O. The highest BCUT2D eigenvalue weighted by Gasteiger charge is 2.26.